The number of halogens is 2. The molecule has 0 bridgehead atoms. The third-order valence-corrected chi connectivity index (χ3v) is 0. The van der Waals surface area contributed by atoms with E-state index in [4.69, 9.17) is 5.11 Å². The zero-order valence-corrected chi connectivity index (χ0v) is 5.03. The molecule has 0 fully saturated rings. The van der Waals surface area contributed by atoms with Crippen molar-refractivity contribution in [2.24, 2.45) is 0 Å². The number of rotatable bonds is 0. The molecule has 0 aromatic carbocycles. The van der Waals surface area contributed by atoms with Gasteiger partial charge in [0.2, 0.25) is 0 Å². The Morgan fingerprint density at radius 2 is 1.33 bits per heavy atom. The Bertz CT molecular complexity index is 11.5. The van der Waals surface area contributed by atoms with Crippen LogP contribution in [-0.2, 0) is 0 Å². The van der Waals surface area contributed by atoms with Crippen molar-refractivity contribution in [1.29, 1.82) is 0 Å². The Hall–Kier alpha value is 0.586. The average Bonchev–Trinajstić information content (AvgIpc) is 0.918. The second kappa shape index (κ2) is 46.7. The molecule has 0 saturated carbocycles. The predicted molar refractivity (Wildman–Crippen MR) is 18.5 cm³/mol. The molecule has 0 amide bonds. The summed E-state index contributed by atoms with van der Waals surface area (Å²) in [5, 5.41) is 7.57. The van der Waals surface area contributed by atoms with E-state index in [1.807, 2.05) is 0 Å². The minimum Gasteiger partial charge on any atom is -1.00 e. The quantitative estimate of drug-likeness (QED) is 0.306. The summed E-state index contributed by atoms with van der Waals surface area (Å²) < 4.78 is 0. The summed E-state index contributed by atoms with van der Waals surface area (Å²) in [5.41, 5.74) is 0. The van der Waals surface area contributed by atoms with E-state index < -0.39 is 0 Å². The molecule has 0 aromatic rings. The van der Waals surface area contributed by atoms with Crippen LogP contribution >= 0.6 is 0 Å². The molecule has 1 nitrogen and oxygen atoms in total. The molecule has 0 unspecified atom stereocenters. The van der Waals surface area contributed by atoms with E-state index >= 15 is 0 Å². The largest absolute Gasteiger partial charge is 2.00 e. The first-order chi connectivity index (χ1) is 1.41. The summed E-state index contributed by atoms with van der Waals surface area (Å²) in [6, 6.07) is 0. The molecule has 0 aliphatic carbocycles. The van der Waals surface area contributed by atoms with Gasteiger partial charge in [-0.15, -0.1) is 0 Å². The molecule has 0 saturated heterocycles. The second-order valence-electron chi connectivity index (χ2n) is 0.316. The van der Waals surface area contributed by atoms with Crippen LogP contribution in [0, 0.1) is 0 Å². The zero-order valence-electron chi connectivity index (χ0n) is 3.62. The molecule has 0 radical (unpaired) electrons. The molecule has 36 valence electrons. The molecular weight excluding hydrogens is 102 g/mol. The monoisotopic (exact) mass is 108 g/mol. The third kappa shape index (κ3) is 172. The van der Waals surface area contributed by atoms with Crippen LogP contribution in [-0.4, -0.2) is 34.8 Å². The van der Waals surface area contributed by atoms with Crippen LogP contribution in [0.4, 0.5) is 0 Å². The fourth-order valence-corrected chi connectivity index (χ4v) is 0. The second-order valence-corrected chi connectivity index (χ2v) is 0.316. The van der Waals surface area contributed by atoms with E-state index in [1.54, 1.807) is 6.92 Å². The van der Waals surface area contributed by atoms with Crippen molar-refractivity contribution in [3.8, 4) is 0 Å². The standard InChI is InChI=1S/C2H6O.2FH.Mg/c1-2-3;;;/h3H,2H2,1H3;2*1H;/q;;;+2/p-2. The molecule has 0 aliphatic rings. The van der Waals surface area contributed by atoms with Crippen LogP contribution in [0.15, 0.2) is 0 Å². The van der Waals surface area contributed by atoms with Gasteiger partial charge in [-0.1, -0.05) is 0 Å². The molecular formula is C2H6F2MgO. The molecule has 0 heterocycles. The van der Waals surface area contributed by atoms with Crippen molar-refractivity contribution in [1.82, 2.24) is 0 Å². The summed E-state index contributed by atoms with van der Waals surface area (Å²) in [7, 11) is 0. The normalized spacial score (nSPS) is 3.00. The third-order valence-electron chi connectivity index (χ3n) is 0. The first-order valence-electron chi connectivity index (χ1n) is 1.02. The van der Waals surface area contributed by atoms with E-state index in [0.717, 1.165) is 0 Å². The van der Waals surface area contributed by atoms with Crippen molar-refractivity contribution < 1.29 is 14.5 Å². The van der Waals surface area contributed by atoms with Gasteiger partial charge in [-0.2, -0.15) is 0 Å². The predicted octanol–water partition coefficient (Wildman–Crippen LogP) is -6.37. The van der Waals surface area contributed by atoms with Gasteiger partial charge in [0.1, 0.15) is 0 Å². The number of hydrogen-bond donors (Lipinski definition) is 1. The topological polar surface area (TPSA) is 20.2 Å². The SMILES string of the molecule is CCO.[F-].[F-].[Mg+2]. The first-order valence-corrected chi connectivity index (χ1v) is 1.02. The van der Waals surface area contributed by atoms with E-state index in [0.29, 0.717) is 0 Å². The maximum Gasteiger partial charge on any atom is 2.00 e. The smallest absolute Gasteiger partial charge is 1.00 e. The van der Waals surface area contributed by atoms with Gasteiger partial charge in [0.25, 0.3) is 0 Å². The van der Waals surface area contributed by atoms with E-state index in [2.05, 4.69) is 0 Å². The number of hydrogen-bond acceptors (Lipinski definition) is 1. The van der Waals surface area contributed by atoms with Gasteiger partial charge in [-0.3, -0.25) is 0 Å². The zero-order chi connectivity index (χ0) is 2.71. The van der Waals surface area contributed by atoms with Gasteiger partial charge in [0.05, 0.1) is 0 Å². The van der Waals surface area contributed by atoms with Gasteiger partial charge < -0.3 is 14.5 Å². The molecule has 0 aliphatic heterocycles. The van der Waals surface area contributed by atoms with Crippen LogP contribution < -0.4 is 9.41 Å². The summed E-state index contributed by atoms with van der Waals surface area (Å²) in [4.78, 5) is 0. The minimum atomic E-state index is 0. The van der Waals surface area contributed by atoms with E-state index in [1.165, 1.54) is 0 Å². The van der Waals surface area contributed by atoms with Crippen molar-refractivity contribution in [2.75, 3.05) is 6.61 Å². The van der Waals surface area contributed by atoms with Crippen LogP contribution in [0.5, 0.6) is 0 Å². The summed E-state index contributed by atoms with van der Waals surface area (Å²) >= 11 is 0. The van der Waals surface area contributed by atoms with Gasteiger partial charge in [-0.05, 0) is 6.92 Å². The molecule has 0 spiro atoms. The van der Waals surface area contributed by atoms with Crippen LogP contribution in [0.25, 0.3) is 0 Å². The van der Waals surface area contributed by atoms with E-state index in [-0.39, 0.29) is 39.1 Å². The molecule has 0 rings (SSSR count). The van der Waals surface area contributed by atoms with Crippen LogP contribution in [0.2, 0.25) is 0 Å². The molecule has 0 aromatic heterocycles. The number of aliphatic hydroxyl groups excluding tert-OH is 1. The maximum atomic E-state index is 7.57. The fraction of sp³-hybridized carbons (Fsp3) is 1.00. The van der Waals surface area contributed by atoms with Gasteiger partial charge in [0.15, 0.2) is 0 Å². The van der Waals surface area contributed by atoms with Gasteiger partial charge in [-0.25, -0.2) is 0 Å². The number of aliphatic hydroxyl groups is 1. The fourth-order valence-electron chi connectivity index (χ4n) is 0. The summed E-state index contributed by atoms with van der Waals surface area (Å²) in [6.45, 7) is 1.93. The Morgan fingerprint density at radius 1 is 1.33 bits per heavy atom. The molecule has 6 heavy (non-hydrogen) atoms. The Kier molecular flexibility index (Phi) is 239. The average molecular weight is 108 g/mol. The molecule has 0 atom stereocenters. The molecule has 4 heteroatoms. The Labute approximate surface area is 51.6 Å². The molecule has 1 N–H and O–H groups in total. The van der Waals surface area contributed by atoms with Gasteiger partial charge in [0, 0.05) is 6.61 Å². The Morgan fingerprint density at radius 3 is 1.33 bits per heavy atom. The summed E-state index contributed by atoms with van der Waals surface area (Å²) in [5.74, 6) is 0. The van der Waals surface area contributed by atoms with Crippen molar-refractivity contribution in [3.05, 3.63) is 0 Å². The van der Waals surface area contributed by atoms with Crippen LogP contribution in [0.3, 0.4) is 0 Å². The van der Waals surface area contributed by atoms with Gasteiger partial charge >= 0.3 is 23.1 Å². The van der Waals surface area contributed by atoms with E-state index in [9.17, 15) is 0 Å². The first kappa shape index (κ1) is 30.7. The minimum absolute atomic E-state index is 0. The maximum absolute atomic E-state index is 7.57. The van der Waals surface area contributed by atoms with Crippen molar-refractivity contribution in [2.45, 2.75) is 6.92 Å². The van der Waals surface area contributed by atoms with Crippen molar-refractivity contribution >= 4 is 23.1 Å². The Balaban J connectivity index is -0.00000000667. The summed E-state index contributed by atoms with van der Waals surface area (Å²) in [6.07, 6.45) is 0. The van der Waals surface area contributed by atoms with Crippen LogP contribution in [0.1, 0.15) is 6.92 Å². The van der Waals surface area contributed by atoms with Crippen molar-refractivity contribution in [3.63, 3.8) is 0 Å².